The van der Waals surface area contributed by atoms with E-state index in [1.54, 1.807) is 11.3 Å². The van der Waals surface area contributed by atoms with Gasteiger partial charge in [0.1, 0.15) is 0 Å². The predicted molar refractivity (Wildman–Crippen MR) is 73.3 cm³/mol. The fourth-order valence-electron chi connectivity index (χ4n) is 2.97. The summed E-state index contributed by atoms with van der Waals surface area (Å²) in [5.41, 5.74) is 7.05. The van der Waals surface area contributed by atoms with E-state index >= 15 is 0 Å². The summed E-state index contributed by atoms with van der Waals surface area (Å²) in [4.78, 5) is 8.60. The molecule has 2 rings (SSSR count). The van der Waals surface area contributed by atoms with E-state index in [4.69, 9.17) is 5.73 Å². The third kappa shape index (κ3) is 2.54. The third-order valence-corrected chi connectivity index (χ3v) is 4.78. The van der Waals surface area contributed by atoms with E-state index in [-0.39, 0.29) is 0 Å². The summed E-state index contributed by atoms with van der Waals surface area (Å²) >= 11 is 1.80. The van der Waals surface area contributed by atoms with Crippen LogP contribution in [0, 0.1) is 19.8 Å². The maximum atomic E-state index is 5.79. The number of hydrogen-bond donors (Lipinski definition) is 1. The first-order chi connectivity index (χ1) is 8.02. The number of aromatic nitrogens is 1. The van der Waals surface area contributed by atoms with Crippen LogP contribution in [0.15, 0.2) is 0 Å². The molecule has 0 radical (unpaired) electrons. The fraction of sp³-hybridized carbons (Fsp3) is 0.769. The Bertz CT molecular complexity index is 388. The Morgan fingerprint density at radius 3 is 2.71 bits per heavy atom. The van der Waals surface area contributed by atoms with Crippen LogP contribution >= 0.6 is 11.3 Å². The smallest absolute Gasteiger partial charge is 0.0900 e. The van der Waals surface area contributed by atoms with Crippen molar-refractivity contribution in [2.75, 3.05) is 13.1 Å². The molecule has 0 aliphatic carbocycles. The molecule has 1 fully saturated rings. The largest absolute Gasteiger partial charge is 0.330 e. The number of rotatable bonds is 3. The molecule has 0 saturated carbocycles. The van der Waals surface area contributed by atoms with Crippen molar-refractivity contribution in [3.63, 3.8) is 0 Å². The van der Waals surface area contributed by atoms with Gasteiger partial charge in [-0.05, 0) is 46.6 Å². The highest BCUT2D eigenvalue weighted by atomic mass is 32.1. The van der Waals surface area contributed by atoms with E-state index in [9.17, 15) is 0 Å². The molecule has 0 bridgehead atoms. The maximum absolute atomic E-state index is 5.79. The van der Waals surface area contributed by atoms with Crippen LogP contribution in [0.4, 0.5) is 0 Å². The zero-order chi connectivity index (χ0) is 12.6. The topological polar surface area (TPSA) is 42.2 Å². The molecular formula is C13H23N3S. The second-order valence-corrected chi connectivity index (χ2v) is 6.64. The molecule has 3 unspecified atom stereocenters. The molecule has 2 N–H and O–H groups in total. The van der Waals surface area contributed by atoms with Gasteiger partial charge in [-0.15, -0.1) is 11.3 Å². The van der Waals surface area contributed by atoms with Crippen molar-refractivity contribution >= 4 is 11.3 Å². The summed E-state index contributed by atoms with van der Waals surface area (Å²) in [6, 6.07) is 1.05. The van der Waals surface area contributed by atoms with Crippen molar-refractivity contribution < 1.29 is 0 Å². The van der Waals surface area contributed by atoms with Gasteiger partial charge in [0.25, 0.3) is 0 Å². The lowest BCUT2D eigenvalue weighted by atomic mass is 10.1. The molecule has 1 aliphatic heterocycles. The van der Waals surface area contributed by atoms with Crippen LogP contribution in [0.5, 0.6) is 0 Å². The van der Waals surface area contributed by atoms with Gasteiger partial charge in [-0.1, -0.05) is 0 Å². The summed E-state index contributed by atoms with van der Waals surface area (Å²) in [7, 11) is 0. The molecule has 1 aromatic rings. The van der Waals surface area contributed by atoms with E-state index in [0.717, 1.165) is 13.1 Å². The van der Waals surface area contributed by atoms with Gasteiger partial charge in [-0.2, -0.15) is 0 Å². The van der Waals surface area contributed by atoms with Crippen LogP contribution in [0.1, 0.15) is 41.9 Å². The lowest BCUT2D eigenvalue weighted by Gasteiger charge is -2.28. The molecule has 3 atom stereocenters. The lowest BCUT2D eigenvalue weighted by molar-refractivity contribution is 0.197. The number of nitrogens with two attached hydrogens (primary N) is 1. The summed E-state index contributed by atoms with van der Waals surface area (Å²) in [6.45, 7) is 10.8. The molecule has 17 heavy (non-hydrogen) atoms. The number of likely N-dealkylation sites (tertiary alicyclic amines) is 1. The monoisotopic (exact) mass is 253 g/mol. The molecule has 3 nitrogen and oxygen atoms in total. The average Bonchev–Trinajstić information content (AvgIpc) is 2.81. The average molecular weight is 253 g/mol. The first-order valence-electron chi connectivity index (χ1n) is 6.42. The minimum absolute atomic E-state index is 0.423. The SMILES string of the molecule is Cc1nc(C(C)N2CC(CN)CC2C)c(C)s1. The number of nitrogens with zero attached hydrogens (tertiary/aromatic N) is 2. The molecular weight excluding hydrogens is 230 g/mol. The quantitative estimate of drug-likeness (QED) is 0.900. The molecule has 0 amide bonds. The van der Waals surface area contributed by atoms with E-state index < -0.39 is 0 Å². The Labute approximate surface area is 108 Å². The van der Waals surface area contributed by atoms with Crippen molar-refractivity contribution in [2.24, 2.45) is 11.7 Å². The number of thiazole rings is 1. The highest BCUT2D eigenvalue weighted by Gasteiger charge is 2.33. The maximum Gasteiger partial charge on any atom is 0.0900 e. The van der Waals surface area contributed by atoms with E-state index in [0.29, 0.717) is 18.0 Å². The second kappa shape index (κ2) is 5.04. The predicted octanol–water partition coefficient (Wildman–Crippen LogP) is 2.49. The van der Waals surface area contributed by atoms with Gasteiger partial charge < -0.3 is 5.73 Å². The van der Waals surface area contributed by atoms with Crippen molar-refractivity contribution in [3.8, 4) is 0 Å². The summed E-state index contributed by atoms with van der Waals surface area (Å²) in [5.74, 6) is 0.660. The first kappa shape index (κ1) is 13.0. The fourth-order valence-corrected chi connectivity index (χ4v) is 3.88. The molecule has 2 heterocycles. The Morgan fingerprint density at radius 2 is 2.24 bits per heavy atom. The van der Waals surface area contributed by atoms with Gasteiger partial charge >= 0.3 is 0 Å². The van der Waals surface area contributed by atoms with Gasteiger partial charge in [0.15, 0.2) is 0 Å². The lowest BCUT2D eigenvalue weighted by Crippen LogP contribution is -2.31. The van der Waals surface area contributed by atoms with E-state index in [2.05, 4.69) is 37.6 Å². The first-order valence-corrected chi connectivity index (χ1v) is 7.24. The Balaban J connectivity index is 2.15. The third-order valence-electron chi connectivity index (χ3n) is 3.88. The summed E-state index contributed by atoms with van der Waals surface area (Å²) in [6.07, 6.45) is 1.23. The van der Waals surface area contributed by atoms with Gasteiger partial charge in [-0.3, -0.25) is 4.90 Å². The van der Waals surface area contributed by atoms with Gasteiger partial charge in [0.05, 0.1) is 16.7 Å². The molecule has 1 aliphatic rings. The Kier molecular flexibility index (Phi) is 3.85. The normalized spacial score (nSPS) is 27.6. The zero-order valence-electron chi connectivity index (χ0n) is 11.2. The minimum atomic E-state index is 0.423. The van der Waals surface area contributed by atoms with Crippen molar-refractivity contribution in [1.82, 2.24) is 9.88 Å². The van der Waals surface area contributed by atoms with Gasteiger partial charge in [0.2, 0.25) is 0 Å². The Hall–Kier alpha value is -0.450. The molecule has 0 aromatic carbocycles. The Morgan fingerprint density at radius 1 is 1.53 bits per heavy atom. The molecule has 4 heteroatoms. The number of aryl methyl sites for hydroxylation is 2. The highest BCUT2D eigenvalue weighted by Crippen LogP contribution is 2.33. The summed E-state index contributed by atoms with van der Waals surface area (Å²) < 4.78 is 0. The van der Waals surface area contributed by atoms with Crippen LogP contribution < -0.4 is 5.73 Å². The van der Waals surface area contributed by atoms with Crippen molar-refractivity contribution in [3.05, 3.63) is 15.6 Å². The van der Waals surface area contributed by atoms with Crippen LogP contribution in [0.25, 0.3) is 0 Å². The minimum Gasteiger partial charge on any atom is -0.330 e. The van der Waals surface area contributed by atoms with Crippen molar-refractivity contribution in [2.45, 2.75) is 46.2 Å². The van der Waals surface area contributed by atoms with E-state index in [1.807, 2.05) is 0 Å². The van der Waals surface area contributed by atoms with Gasteiger partial charge in [-0.25, -0.2) is 4.98 Å². The molecule has 96 valence electrons. The van der Waals surface area contributed by atoms with Crippen LogP contribution in [0.3, 0.4) is 0 Å². The molecule has 1 saturated heterocycles. The van der Waals surface area contributed by atoms with Gasteiger partial charge in [0, 0.05) is 17.5 Å². The highest BCUT2D eigenvalue weighted by molar-refractivity contribution is 7.11. The van der Waals surface area contributed by atoms with Crippen LogP contribution in [-0.2, 0) is 0 Å². The second-order valence-electron chi connectivity index (χ2n) is 5.23. The van der Waals surface area contributed by atoms with E-state index in [1.165, 1.54) is 22.0 Å². The number of hydrogen-bond acceptors (Lipinski definition) is 4. The standard InChI is InChI=1S/C13H23N3S/c1-8-5-12(6-14)7-16(8)9(2)13-10(3)17-11(4)15-13/h8-9,12H,5-7,14H2,1-4H3. The molecule has 1 aromatic heterocycles. The zero-order valence-corrected chi connectivity index (χ0v) is 12.0. The van der Waals surface area contributed by atoms with Crippen LogP contribution in [0.2, 0.25) is 0 Å². The summed E-state index contributed by atoms with van der Waals surface area (Å²) in [5, 5.41) is 1.17. The van der Waals surface area contributed by atoms with Crippen molar-refractivity contribution in [1.29, 1.82) is 0 Å². The molecule has 0 spiro atoms. The van der Waals surface area contributed by atoms with Crippen LogP contribution in [-0.4, -0.2) is 29.0 Å².